The number of unbranched alkanes of at least 4 members (excludes halogenated alkanes) is 4. The summed E-state index contributed by atoms with van der Waals surface area (Å²) in [4.78, 5) is 0. The molecule has 0 amide bonds. The second-order valence-electron chi connectivity index (χ2n) is 8.58. The number of ether oxygens (including phenoxy) is 2. The number of rotatable bonds is 20. The molecule has 216 valence electrons. The van der Waals surface area contributed by atoms with Crippen molar-refractivity contribution in [2.24, 2.45) is 11.8 Å². The van der Waals surface area contributed by atoms with Crippen LogP contribution in [0.25, 0.3) is 0 Å². The first kappa shape index (κ1) is 45.4. The van der Waals surface area contributed by atoms with E-state index in [1.165, 1.54) is 38.5 Å². The summed E-state index contributed by atoms with van der Waals surface area (Å²) < 4.78 is 9.95. The molecule has 7 heteroatoms. The summed E-state index contributed by atoms with van der Waals surface area (Å²) in [5, 5.41) is 34.0. The molecule has 0 heterocycles. The molecule has 0 bridgehead atoms. The molecule has 0 spiro atoms. The Hall–Kier alpha value is 0.526. The largest absolute Gasteiger partial charge is 2.00 e. The van der Waals surface area contributed by atoms with Crippen molar-refractivity contribution < 1.29 is 32.8 Å². The van der Waals surface area contributed by atoms with Crippen molar-refractivity contribution in [1.82, 2.24) is 0 Å². The van der Waals surface area contributed by atoms with Crippen LogP contribution >= 0.6 is 0 Å². The molecule has 0 saturated carbocycles. The fourth-order valence-corrected chi connectivity index (χ4v) is 2.66. The van der Waals surface area contributed by atoms with Crippen LogP contribution in [0, 0.1) is 11.8 Å². The quantitative estimate of drug-likeness (QED) is 0.119. The smallest absolute Gasteiger partial charge is 1.00 e. The molecule has 0 aromatic rings. The molecule has 2 atom stereocenters. The van der Waals surface area contributed by atoms with Crippen molar-refractivity contribution >= 4 is 23.1 Å². The summed E-state index contributed by atoms with van der Waals surface area (Å²) in [5.74, 6) is 1.12. The molecule has 0 rings (SSSR count). The minimum absolute atomic E-state index is 0. The number of hydrogen-bond donors (Lipinski definition) is 4. The molecule has 0 aliphatic carbocycles. The van der Waals surface area contributed by atoms with Gasteiger partial charge in [-0.05, 0) is 37.5 Å². The van der Waals surface area contributed by atoms with E-state index in [1.54, 1.807) is 0 Å². The Balaban J connectivity index is -0.0000000633. The average Bonchev–Trinajstić information content (AvgIpc) is 2.87. The third-order valence-electron chi connectivity index (χ3n) is 5.36. The van der Waals surface area contributed by atoms with E-state index >= 15 is 0 Å². The van der Waals surface area contributed by atoms with E-state index in [2.05, 4.69) is 41.5 Å². The SMILES string of the molecule is CCCCC(CC)CO.CCCCC(CC)CO.CCCCOCCO.CCCCOCCO.[H-].[H-].[Mg+2]. The van der Waals surface area contributed by atoms with Gasteiger partial charge in [0.2, 0.25) is 0 Å². The molecule has 6 nitrogen and oxygen atoms in total. The Labute approximate surface area is 238 Å². The van der Waals surface area contributed by atoms with Crippen LogP contribution < -0.4 is 0 Å². The van der Waals surface area contributed by atoms with E-state index in [4.69, 9.17) is 29.9 Å². The molecule has 35 heavy (non-hydrogen) atoms. The van der Waals surface area contributed by atoms with Gasteiger partial charge < -0.3 is 32.8 Å². The Morgan fingerprint density at radius 2 is 0.829 bits per heavy atom. The van der Waals surface area contributed by atoms with Gasteiger partial charge in [-0.25, -0.2) is 0 Å². The molecule has 0 aliphatic heterocycles. The average molecular weight is 523 g/mol. The van der Waals surface area contributed by atoms with Gasteiger partial charge in [-0.1, -0.05) is 92.9 Å². The van der Waals surface area contributed by atoms with Crippen molar-refractivity contribution in [3.63, 3.8) is 0 Å². The molecule has 0 aliphatic rings. The minimum Gasteiger partial charge on any atom is -1.00 e. The summed E-state index contributed by atoms with van der Waals surface area (Å²) >= 11 is 0. The predicted octanol–water partition coefficient (Wildman–Crippen LogP) is 5.83. The molecular weight excluding hydrogens is 457 g/mol. The zero-order chi connectivity index (χ0) is 26.7. The number of aliphatic hydroxyl groups excluding tert-OH is 4. The van der Waals surface area contributed by atoms with Crippen molar-refractivity contribution in [2.45, 2.75) is 119 Å². The molecular formula is C28H66MgO6. The minimum atomic E-state index is 0. The van der Waals surface area contributed by atoms with Crippen LogP contribution in [0.3, 0.4) is 0 Å². The van der Waals surface area contributed by atoms with Crippen LogP contribution in [0.4, 0.5) is 0 Å². The number of hydrogen-bond acceptors (Lipinski definition) is 6. The molecule has 0 saturated heterocycles. The van der Waals surface area contributed by atoms with Crippen LogP contribution in [-0.2, 0) is 9.47 Å². The maximum Gasteiger partial charge on any atom is 2.00 e. The van der Waals surface area contributed by atoms with Crippen molar-refractivity contribution in [2.75, 3.05) is 52.9 Å². The van der Waals surface area contributed by atoms with Gasteiger partial charge in [-0.15, -0.1) is 0 Å². The van der Waals surface area contributed by atoms with Crippen LogP contribution in [0.1, 0.15) is 121 Å². The Bertz CT molecular complexity index is 262. The van der Waals surface area contributed by atoms with Gasteiger partial charge in [-0.3, -0.25) is 0 Å². The maximum atomic E-state index is 8.75. The summed E-state index contributed by atoms with van der Waals surface area (Å²) in [7, 11) is 0. The molecule has 0 aromatic heterocycles. The molecule has 2 unspecified atom stereocenters. The topological polar surface area (TPSA) is 99.4 Å². The van der Waals surface area contributed by atoms with Gasteiger partial charge in [-0.2, -0.15) is 0 Å². The van der Waals surface area contributed by atoms with Crippen LogP contribution in [0.15, 0.2) is 0 Å². The first-order valence-corrected chi connectivity index (χ1v) is 14.1. The van der Waals surface area contributed by atoms with Crippen molar-refractivity contribution in [3.05, 3.63) is 0 Å². The maximum absolute atomic E-state index is 8.75. The molecule has 4 N–H and O–H groups in total. The third kappa shape index (κ3) is 51.9. The second-order valence-corrected chi connectivity index (χ2v) is 8.58. The standard InChI is InChI=1S/2C8H18O.2C6H14O2.Mg.2H/c2*1-3-5-6-8(4-2)7-9;2*1-2-3-5-8-6-4-7;;;/h2*8-9H,3-7H2,1-2H3;2*7H,2-6H2,1H3;;;/q;;;;+2;2*-1. The van der Waals surface area contributed by atoms with Gasteiger partial charge in [0, 0.05) is 26.4 Å². The fraction of sp³-hybridized carbons (Fsp3) is 1.00. The number of aliphatic hydroxyl groups is 4. The summed E-state index contributed by atoms with van der Waals surface area (Å²) in [6.07, 6.45) is 14.2. The molecule has 0 aromatic carbocycles. The van der Waals surface area contributed by atoms with Gasteiger partial charge in [0.1, 0.15) is 0 Å². The Morgan fingerprint density at radius 3 is 1.03 bits per heavy atom. The third-order valence-corrected chi connectivity index (χ3v) is 5.36. The molecule has 0 radical (unpaired) electrons. The Kier molecular flexibility index (Phi) is 61.9. The van der Waals surface area contributed by atoms with E-state index in [0.717, 1.165) is 51.7 Å². The normalized spacial score (nSPS) is 11.5. The van der Waals surface area contributed by atoms with E-state index in [9.17, 15) is 0 Å². The summed E-state index contributed by atoms with van der Waals surface area (Å²) in [6, 6.07) is 0. The first-order chi connectivity index (χ1) is 16.5. The van der Waals surface area contributed by atoms with E-state index < -0.39 is 0 Å². The van der Waals surface area contributed by atoms with Crippen LogP contribution in [0.2, 0.25) is 0 Å². The van der Waals surface area contributed by atoms with Crippen LogP contribution in [0.5, 0.6) is 0 Å². The summed E-state index contributed by atoms with van der Waals surface area (Å²) in [6.45, 7) is 16.4. The zero-order valence-corrected chi connectivity index (χ0v) is 26.0. The summed E-state index contributed by atoms with van der Waals surface area (Å²) in [5.41, 5.74) is 0. The van der Waals surface area contributed by atoms with Gasteiger partial charge in [0.25, 0.3) is 0 Å². The molecule has 0 fully saturated rings. The van der Waals surface area contributed by atoms with E-state index in [1.807, 2.05) is 0 Å². The van der Waals surface area contributed by atoms with Gasteiger partial charge >= 0.3 is 23.1 Å². The van der Waals surface area contributed by atoms with Crippen molar-refractivity contribution in [1.29, 1.82) is 0 Å². The van der Waals surface area contributed by atoms with Crippen LogP contribution in [-0.4, -0.2) is 96.3 Å². The predicted molar refractivity (Wildman–Crippen MR) is 154 cm³/mol. The van der Waals surface area contributed by atoms with E-state index in [-0.39, 0.29) is 39.1 Å². The van der Waals surface area contributed by atoms with Crippen molar-refractivity contribution in [3.8, 4) is 0 Å². The monoisotopic (exact) mass is 522 g/mol. The van der Waals surface area contributed by atoms with Gasteiger partial charge in [0.15, 0.2) is 0 Å². The van der Waals surface area contributed by atoms with Gasteiger partial charge in [0.05, 0.1) is 26.4 Å². The zero-order valence-electron chi connectivity index (χ0n) is 26.6. The Morgan fingerprint density at radius 1 is 0.514 bits per heavy atom. The fourth-order valence-electron chi connectivity index (χ4n) is 2.66. The first-order valence-electron chi connectivity index (χ1n) is 14.1. The van der Waals surface area contributed by atoms with E-state index in [0.29, 0.717) is 38.3 Å². The second kappa shape index (κ2) is 47.7.